The normalized spacial score (nSPS) is 17.8. The molecular formula is C25H32N4O3. The summed E-state index contributed by atoms with van der Waals surface area (Å²) in [5.74, 6) is -0.150. The van der Waals surface area contributed by atoms with Crippen LogP contribution in [0.15, 0.2) is 35.3 Å². The summed E-state index contributed by atoms with van der Waals surface area (Å²) >= 11 is 0. The van der Waals surface area contributed by atoms with E-state index in [1.165, 1.54) is 61.8 Å². The molecule has 170 valence electrons. The molecule has 0 spiro atoms. The molecule has 0 radical (unpaired) electrons. The third-order valence-electron chi connectivity index (χ3n) is 6.78. The molecule has 4 rings (SSSR count). The van der Waals surface area contributed by atoms with E-state index in [1.54, 1.807) is 15.9 Å². The van der Waals surface area contributed by atoms with Gasteiger partial charge in [0.1, 0.15) is 0 Å². The van der Waals surface area contributed by atoms with E-state index < -0.39 is 0 Å². The molecule has 7 nitrogen and oxygen atoms in total. The number of H-pyrrole nitrogens is 1. The van der Waals surface area contributed by atoms with Crippen molar-refractivity contribution in [3.63, 3.8) is 0 Å². The number of hydrogen-bond acceptors (Lipinski definition) is 3. The van der Waals surface area contributed by atoms with E-state index in [-0.39, 0.29) is 17.4 Å². The minimum atomic E-state index is -0.233. The van der Waals surface area contributed by atoms with Crippen LogP contribution >= 0.6 is 0 Å². The van der Waals surface area contributed by atoms with Crippen LogP contribution in [0.2, 0.25) is 0 Å². The van der Waals surface area contributed by atoms with Crippen molar-refractivity contribution in [2.45, 2.75) is 52.0 Å². The zero-order chi connectivity index (χ0) is 22.7. The number of aromatic amines is 1. The van der Waals surface area contributed by atoms with E-state index in [0.29, 0.717) is 37.8 Å². The largest absolute Gasteiger partial charge is 0.346 e. The third kappa shape index (κ3) is 4.71. The molecule has 1 saturated carbocycles. The van der Waals surface area contributed by atoms with Crippen molar-refractivity contribution < 1.29 is 9.59 Å². The van der Waals surface area contributed by atoms with Gasteiger partial charge in [-0.25, -0.2) is 0 Å². The molecule has 2 fully saturated rings. The molecule has 2 amide bonds. The molecule has 2 aromatic rings. The molecule has 7 heteroatoms. The third-order valence-corrected chi connectivity index (χ3v) is 6.78. The van der Waals surface area contributed by atoms with Crippen molar-refractivity contribution in [3.05, 3.63) is 63.3 Å². The van der Waals surface area contributed by atoms with E-state index in [4.69, 9.17) is 0 Å². The van der Waals surface area contributed by atoms with Gasteiger partial charge in [-0.05, 0) is 50.5 Å². The topological polar surface area (TPSA) is 78.4 Å². The number of piperazine rings is 1. The lowest BCUT2D eigenvalue weighted by Crippen LogP contribution is -2.50. The van der Waals surface area contributed by atoms with Crippen molar-refractivity contribution in [3.8, 4) is 0 Å². The second-order valence-corrected chi connectivity index (χ2v) is 8.88. The molecule has 0 aromatic carbocycles. The van der Waals surface area contributed by atoms with E-state index in [2.05, 4.69) is 29.5 Å². The van der Waals surface area contributed by atoms with Gasteiger partial charge < -0.3 is 19.4 Å². The molecule has 1 saturated heterocycles. The lowest BCUT2D eigenvalue weighted by atomic mass is 9.95. The maximum Gasteiger partial charge on any atom is 0.255 e. The zero-order valence-corrected chi connectivity index (χ0v) is 19.0. The fourth-order valence-electron chi connectivity index (χ4n) is 5.00. The number of nitrogens with zero attached hydrogens (tertiary/aromatic N) is 3. The van der Waals surface area contributed by atoms with E-state index in [1.807, 2.05) is 6.08 Å². The highest BCUT2D eigenvalue weighted by Crippen LogP contribution is 2.32. The van der Waals surface area contributed by atoms with Gasteiger partial charge in [-0.3, -0.25) is 14.4 Å². The Morgan fingerprint density at radius 1 is 1.00 bits per heavy atom. The van der Waals surface area contributed by atoms with E-state index in [0.717, 1.165) is 5.56 Å². The highest BCUT2D eigenvalue weighted by Gasteiger charge is 2.24. The first kappa shape index (κ1) is 22.1. The Balaban J connectivity index is 1.35. The Bertz CT molecular complexity index is 1050. The maximum absolute atomic E-state index is 12.7. The smallest absolute Gasteiger partial charge is 0.255 e. The molecular weight excluding hydrogens is 404 g/mol. The summed E-state index contributed by atoms with van der Waals surface area (Å²) in [6, 6.07) is 5.64. The van der Waals surface area contributed by atoms with Crippen molar-refractivity contribution in [2.24, 2.45) is 0 Å². The minimum Gasteiger partial charge on any atom is -0.346 e. The Hall–Kier alpha value is -3.09. The van der Waals surface area contributed by atoms with Crippen LogP contribution in [-0.4, -0.2) is 57.3 Å². The summed E-state index contributed by atoms with van der Waals surface area (Å²) in [4.78, 5) is 42.6. The van der Waals surface area contributed by atoms with Gasteiger partial charge in [0.2, 0.25) is 11.5 Å². The summed E-state index contributed by atoms with van der Waals surface area (Å²) in [5.41, 5.74) is 3.82. The average Bonchev–Trinajstić information content (AvgIpc) is 3.11. The highest BCUT2D eigenvalue weighted by molar-refractivity contribution is 5.95. The summed E-state index contributed by atoms with van der Waals surface area (Å²) in [5, 5.41) is 0. The fourth-order valence-corrected chi connectivity index (χ4v) is 5.00. The van der Waals surface area contributed by atoms with Gasteiger partial charge >= 0.3 is 0 Å². The Morgan fingerprint density at radius 2 is 1.69 bits per heavy atom. The van der Waals surface area contributed by atoms with E-state index >= 15 is 0 Å². The van der Waals surface area contributed by atoms with Gasteiger partial charge in [0.05, 0.1) is 5.56 Å². The summed E-state index contributed by atoms with van der Waals surface area (Å²) in [6.45, 7) is 6.26. The average molecular weight is 437 g/mol. The molecule has 1 N–H and O–H groups in total. The SMILES string of the molecule is Cc1cc(/C=C/C(=O)N2CCN(C(=O)c3ccc(=O)[nH]c3)CC2)c(C)n1C1CCCCC1. The first-order chi connectivity index (χ1) is 15.4. The molecule has 0 unspecified atom stereocenters. The second-order valence-electron chi connectivity index (χ2n) is 8.88. The molecule has 32 heavy (non-hydrogen) atoms. The van der Waals surface area contributed by atoms with Gasteiger partial charge in [-0.1, -0.05) is 19.3 Å². The number of carbonyl (C=O) groups is 2. The van der Waals surface area contributed by atoms with Crippen molar-refractivity contribution in [1.29, 1.82) is 0 Å². The van der Waals surface area contributed by atoms with Crippen LogP contribution in [-0.2, 0) is 4.79 Å². The monoisotopic (exact) mass is 436 g/mol. The van der Waals surface area contributed by atoms with Gasteiger partial charge in [0, 0.05) is 61.9 Å². The summed E-state index contributed by atoms with van der Waals surface area (Å²) in [7, 11) is 0. The number of amides is 2. The Labute approximate surface area is 188 Å². The molecule has 0 bridgehead atoms. The first-order valence-corrected chi connectivity index (χ1v) is 11.6. The van der Waals surface area contributed by atoms with Gasteiger partial charge in [0.15, 0.2) is 0 Å². The van der Waals surface area contributed by atoms with Crippen molar-refractivity contribution in [2.75, 3.05) is 26.2 Å². The Morgan fingerprint density at radius 3 is 2.34 bits per heavy atom. The first-order valence-electron chi connectivity index (χ1n) is 11.6. The van der Waals surface area contributed by atoms with Gasteiger partial charge in [0.25, 0.3) is 5.91 Å². The molecule has 2 aliphatic rings. The van der Waals surface area contributed by atoms with Crippen LogP contribution in [0.1, 0.15) is 65.5 Å². The minimum absolute atomic E-state index is 0.0244. The number of nitrogens with one attached hydrogen (secondary N) is 1. The van der Waals surface area contributed by atoms with Crippen LogP contribution in [0.4, 0.5) is 0 Å². The quantitative estimate of drug-likeness (QED) is 0.747. The second kappa shape index (κ2) is 9.59. The number of aryl methyl sites for hydroxylation is 1. The van der Waals surface area contributed by atoms with Gasteiger partial charge in [-0.15, -0.1) is 0 Å². The number of hydrogen-bond donors (Lipinski definition) is 1. The standard InChI is InChI=1S/C25H32N4O3/c1-18-16-20(19(2)29(18)22-6-4-3-5-7-22)9-11-24(31)27-12-14-28(15-13-27)25(32)21-8-10-23(30)26-17-21/h8-11,16-17,22H,3-7,12-15H2,1-2H3,(H,26,30)/b11-9+. The van der Waals surface area contributed by atoms with Crippen LogP contribution in [0.25, 0.3) is 6.08 Å². The molecule has 2 aromatic heterocycles. The number of carbonyl (C=O) groups excluding carboxylic acids is 2. The number of aromatic nitrogens is 2. The van der Waals surface area contributed by atoms with Crippen LogP contribution in [0, 0.1) is 13.8 Å². The number of rotatable bonds is 4. The summed E-state index contributed by atoms with van der Waals surface area (Å²) < 4.78 is 2.45. The fraction of sp³-hybridized carbons (Fsp3) is 0.480. The molecule has 0 atom stereocenters. The molecule has 1 aliphatic heterocycles. The van der Waals surface area contributed by atoms with Crippen LogP contribution in [0.5, 0.6) is 0 Å². The number of pyridine rings is 1. The lowest BCUT2D eigenvalue weighted by Gasteiger charge is -2.34. The van der Waals surface area contributed by atoms with E-state index in [9.17, 15) is 14.4 Å². The van der Waals surface area contributed by atoms with Crippen molar-refractivity contribution in [1.82, 2.24) is 19.4 Å². The van der Waals surface area contributed by atoms with Crippen molar-refractivity contribution >= 4 is 17.9 Å². The molecule has 1 aliphatic carbocycles. The Kier molecular flexibility index (Phi) is 6.63. The van der Waals surface area contributed by atoms with Crippen LogP contribution < -0.4 is 5.56 Å². The lowest BCUT2D eigenvalue weighted by molar-refractivity contribution is -0.127. The molecule has 3 heterocycles. The highest BCUT2D eigenvalue weighted by atomic mass is 16.2. The maximum atomic E-state index is 12.7. The van der Waals surface area contributed by atoms with Crippen LogP contribution in [0.3, 0.4) is 0 Å². The summed E-state index contributed by atoms with van der Waals surface area (Å²) in [6.07, 6.45) is 11.4. The zero-order valence-electron chi connectivity index (χ0n) is 19.0. The predicted molar refractivity (Wildman–Crippen MR) is 125 cm³/mol. The van der Waals surface area contributed by atoms with Gasteiger partial charge in [-0.2, -0.15) is 0 Å². The predicted octanol–water partition coefficient (Wildman–Crippen LogP) is 3.30.